The third-order valence-electron chi connectivity index (χ3n) is 4.01. The Balaban J connectivity index is 1.50. The van der Waals surface area contributed by atoms with E-state index in [0.29, 0.717) is 26.1 Å². The number of hydrogen-bond acceptors (Lipinski definition) is 5. The number of urea groups is 1. The number of amides is 4. The van der Waals surface area contributed by atoms with E-state index in [9.17, 15) is 14.4 Å². The maximum atomic E-state index is 12.1. The molecule has 8 heteroatoms. The van der Waals surface area contributed by atoms with Crippen molar-refractivity contribution in [2.24, 2.45) is 0 Å². The highest BCUT2D eigenvalue weighted by molar-refractivity contribution is 7.15. The number of thiophene rings is 1. The van der Waals surface area contributed by atoms with Crippen molar-refractivity contribution < 1.29 is 18.8 Å². The molecule has 0 aliphatic carbocycles. The summed E-state index contributed by atoms with van der Waals surface area (Å²) >= 11 is 1.60. The topological polar surface area (TPSA) is 82.9 Å². The number of rotatable bonds is 5. The zero-order valence-corrected chi connectivity index (χ0v) is 14.7. The van der Waals surface area contributed by atoms with Gasteiger partial charge in [0, 0.05) is 31.1 Å². The van der Waals surface area contributed by atoms with Gasteiger partial charge in [0.05, 0.1) is 11.1 Å². The number of hydrogen-bond donors (Lipinski definition) is 1. The lowest BCUT2D eigenvalue weighted by Crippen LogP contribution is -2.58. The third-order valence-corrected chi connectivity index (χ3v) is 5.17. The fourth-order valence-electron chi connectivity index (χ4n) is 2.62. The van der Waals surface area contributed by atoms with Gasteiger partial charge in [-0.05, 0) is 37.6 Å². The van der Waals surface area contributed by atoms with E-state index >= 15 is 0 Å². The molecule has 2 aromatic heterocycles. The van der Waals surface area contributed by atoms with Crippen LogP contribution in [0, 0.1) is 0 Å². The molecule has 1 N–H and O–H groups in total. The van der Waals surface area contributed by atoms with Crippen molar-refractivity contribution >= 4 is 29.2 Å². The summed E-state index contributed by atoms with van der Waals surface area (Å²) in [5.41, 5.74) is 0. The molecular weight excluding hydrogens is 342 g/mol. The zero-order chi connectivity index (χ0) is 17.8. The summed E-state index contributed by atoms with van der Waals surface area (Å²) in [7, 11) is 0. The Labute approximate surface area is 149 Å². The minimum absolute atomic E-state index is 0.228. The normalized spacial score (nSPS) is 14.9. The molecule has 0 atom stereocenters. The number of nitrogens with one attached hydrogen (secondary N) is 1. The maximum Gasteiger partial charge on any atom is 0.324 e. The molecule has 4 amide bonds. The number of carbonyl (C=O) groups is 3. The SMILES string of the molecule is CCN1CCN(C(=O)NCCc2ccc(-c3ccco3)s2)C(=O)C1=O. The van der Waals surface area contributed by atoms with E-state index < -0.39 is 17.8 Å². The van der Waals surface area contributed by atoms with Crippen LogP contribution >= 0.6 is 11.3 Å². The molecule has 25 heavy (non-hydrogen) atoms. The molecule has 0 bridgehead atoms. The highest BCUT2D eigenvalue weighted by Gasteiger charge is 2.35. The van der Waals surface area contributed by atoms with E-state index in [1.54, 1.807) is 24.5 Å². The average Bonchev–Trinajstić information content (AvgIpc) is 3.28. The number of carbonyl (C=O) groups excluding carboxylic acids is 3. The molecule has 3 rings (SSSR count). The van der Waals surface area contributed by atoms with Gasteiger partial charge >= 0.3 is 17.8 Å². The lowest BCUT2D eigenvalue weighted by molar-refractivity contribution is -0.153. The Morgan fingerprint density at radius 2 is 2.08 bits per heavy atom. The standard InChI is InChI=1S/C17H19N3O4S/c1-2-19-9-10-20(16(22)15(19)21)17(23)18-8-7-12-5-6-14(25-12)13-4-3-11-24-13/h3-6,11H,2,7-10H2,1H3,(H,18,23). The van der Waals surface area contributed by atoms with Gasteiger partial charge in [0.2, 0.25) is 0 Å². The van der Waals surface area contributed by atoms with Crippen LogP contribution in [0.5, 0.6) is 0 Å². The summed E-state index contributed by atoms with van der Waals surface area (Å²) in [5, 5.41) is 2.71. The van der Waals surface area contributed by atoms with Crippen molar-refractivity contribution in [3.05, 3.63) is 35.4 Å². The molecule has 2 aromatic rings. The molecule has 1 aliphatic heterocycles. The average molecular weight is 361 g/mol. The first kappa shape index (κ1) is 17.2. The summed E-state index contributed by atoms with van der Waals surface area (Å²) in [6.07, 6.45) is 2.28. The van der Waals surface area contributed by atoms with Gasteiger partial charge in [-0.15, -0.1) is 11.3 Å². The quantitative estimate of drug-likeness (QED) is 0.825. The second-order valence-electron chi connectivity index (χ2n) is 5.57. The van der Waals surface area contributed by atoms with E-state index in [4.69, 9.17) is 4.42 Å². The number of furan rings is 1. The summed E-state index contributed by atoms with van der Waals surface area (Å²) in [6, 6.07) is 7.19. The monoisotopic (exact) mass is 361 g/mol. The minimum Gasteiger partial charge on any atom is -0.464 e. The van der Waals surface area contributed by atoms with Gasteiger partial charge in [-0.25, -0.2) is 4.79 Å². The summed E-state index contributed by atoms with van der Waals surface area (Å²) in [6.45, 7) is 3.28. The van der Waals surface area contributed by atoms with E-state index in [-0.39, 0.29) is 6.54 Å². The molecule has 1 fully saturated rings. The Kier molecular flexibility index (Phi) is 5.18. The molecule has 3 heterocycles. The van der Waals surface area contributed by atoms with Crippen LogP contribution < -0.4 is 5.32 Å². The molecular formula is C17H19N3O4S. The predicted octanol–water partition coefficient (Wildman–Crippen LogP) is 1.95. The molecule has 0 radical (unpaired) electrons. The summed E-state index contributed by atoms with van der Waals surface area (Å²) in [4.78, 5) is 40.5. The predicted molar refractivity (Wildman–Crippen MR) is 93.1 cm³/mol. The van der Waals surface area contributed by atoms with Crippen LogP contribution in [0.25, 0.3) is 10.6 Å². The summed E-state index contributed by atoms with van der Waals surface area (Å²) < 4.78 is 5.36. The second-order valence-corrected chi connectivity index (χ2v) is 6.74. The fraction of sp³-hybridized carbons (Fsp3) is 0.353. The largest absolute Gasteiger partial charge is 0.464 e. The number of nitrogens with zero attached hydrogens (tertiary/aromatic N) is 2. The molecule has 1 aliphatic rings. The van der Waals surface area contributed by atoms with Crippen LogP contribution in [0.4, 0.5) is 4.79 Å². The van der Waals surface area contributed by atoms with Crippen molar-refractivity contribution in [3.63, 3.8) is 0 Å². The fourth-order valence-corrected chi connectivity index (χ4v) is 3.60. The molecule has 0 unspecified atom stereocenters. The Bertz CT molecular complexity index is 769. The third kappa shape index (κ3) is 3.74. The molecule has 0 spiro atoms. The number of likely N-dealkylation sites (N-methyl/N-ethyl adjacent to an activating group) is 1. The second kappa shape index (κ2) is 7.52. The Morgan fingerprint density at radius 1 is 1.24 bits per heavy atom. The molecule has 7 nitrogen and oxygen atoms in total. The van der Waals surface area contributed by atoms with Gasteiger partial charge in [0.1, 0.15) is 5.76 Å². The smallest absolute Gasteiger partial charge is 0.324 e. The van der Waals surface area contributed by atoms with Gasteiger partial charge < -0.3 is 14.6 Å². The van der Waals surface area contributed by atoms with Gasteiger partial charge in [0.15, 0.2) is 0 Å². The van der Waals surface area contributed by atoms with Crippen LogP contribution in [0.2, 0.25) is 0 Å². The van der Waals surface area contributed by atoms with Crippen LogP contribution in [0.15, 0.2) is 34.9 Å². The lowest BCUT2D eigenvalue weighted by atomic mass is 10.3. The van der Waals surface area contributed by atoms with E-state index in [1.165, 1.54) is 4.90 Å². The molecule has 132 valence electrons. The van der Waals surface area contributed by atoms with Crippen LogP contribution in [-0.4, -0.2) is 53.8 Å². The maximum absolute atomic E-state index is 12.1. The minimum atomic E-state index is -0.762. The Morgan fingerprint density at radius 3 is 2.80 bits per heavy atom. The van der Waals surface area contributed by atoms with Crippen molar-refractivity contribution in [1.29, 1.82) is 0 Å². The number of piperazine rings is 1. The van der Waals surface area contributed by atoms with E-state index in [1.807, 2.05) is 24.3 Å². The lowest BCUT2D eigenvalue weighted by Gasteiger charge is -2.31. The van der Waals surface area contributed by atoms with E-state index in [2.05, 4.69) is 5.32 Å². The van der Waals surface area contributed by atoms with Crippen LogP contribution in [0.1, 0.15) is 11.8 Å². The van der Waals surface area contributed by atoms with Gasteiger partial charge in [-0.2, -0.15) is 0 Å². The van der Waals surface area contributed by atoms with Gasteiger partial charge in [0.25, 0.3) is 0 Å². The summed E-state index contributed by atoms with van der Waals surface area (Å²) in [5.74, 6) is -0.565. The highest BCUT2D eigenvalue weighted by atomic mass is 32.1. The van der Waals surface area contributed by atoms with Crippen molar-refractivity contribution in [2.45, 2.75) is 13.3 Å². The first-order valence-corrected chi connectivity index (χ1v) is 8.93. The highest BCUT2D eigenvalue weighted by Crippen LogP contribution is 2.28. The van der Waals surface area contributed by atoms with Crippen LogP contribution in [0.3, 0.4) is 0 Å². The molecule has 1 saturated heterocycles. The van der Waals surface area contributed by atoms with Gasteiger partial charge in [-0.1, -0.05) is 0 Å². The first-order chi connectivity index (χ1) is 12.1. The molecule has 0 saturated carbocycles. The zero-order valence-electron chi connectivity index (χ0n) is 13.9. The van der Waals surface area contributed by atoms with Crippen molar-refractivity contribution in [1.82, 2.24) is 15.1 Å². The van der Waals surface area contributed by atoms with Gasteiger partial charge in [-0.3, -0.25) is 14.5 Å². The molecule has 0 aromatic carbocycles. The van der Waals surface area contributed by atoms with Crippen molar-refractivity contribution in [3.8, 4) is 10.6 Å². The Hall–Kier alpha value is -2.61. The van der Waals surface area contributed by atoms with Crippen molar-refractivity contribution in [2.75, 3.05) is 26.2 Å². The van der Waals surface area contributed by atoms with Crippen LogP contribution in [-0.2, 0) is 16.0 Å². The first-order valence-electron chi connectivity index (χ1n) is 8.11. The van der Waals surface area contributed by atoms with E-state index in [0.717, 1.165) is 20.4 Å². The number of imide groups is 1.